The Balaban J connectivity index is 2.17. The van der Waals surface area contributed by atoms with E-state index in [1.807, 2.05) is 0 Å². The Morgan fingerprint density at radius 3 is 2.71 bits per heavy atom. The van der Waals surface area contributed by atoms with Crippen molar-refractivity contribution < 1.29 is 19.4 Å². The zero-order valence-corrected chi connectivity index (χ0v) is 11.5. The molecule has 0 aliphatic carbocycles. The Kier molecular flexibility index (Phi) is 4.39. The summed E-state index contributed by atoms with van der Waals surface area (Å²) in [5, 5.41) is 9.34. The van der Waals surface area contributed by atoms with E-state index in [9.17, 15) is 9.59 Å². The van der Waals surface area contributed by atoms with E-state index in [4.69, 9.17) is 27.2 Å². The van der Waals surface area contributed by atoms with Gasteiger partial charge in [-0.2, -0.15) is 0 Å². The Labute approximate surface area is 125 Å². The first-order valence-corrected chi connectivity index (χ1v) is 6.25. The highest BCUT2D eigenvalue weighted by molar-refractivity contribution is 6.31. The van der Waals surface area contributed by atoms with E-state index in [-0.39, 0.29) is 23.5 Å². The minimum Gasteiger partial charge on any atom is -0.486 e. The number of nitrogens with two attached hydrogens (primary N) is 1. The van der Waals surface area contributed by atoms with E-state index in [0.717, 1.165) is 0 Å². The molecular formula is C14H11ClN2O4. The Morgan fingerprint density at radius 1 is 1.33 bits per heavy atom. The molecule has 1 aromatic carbocycles. The van der Waals surface area contributed by atoms with E-state index in [1.165, 1.54) is 30.6 Å². The van der Waals surface area contributed by atoms with Crippen molar-refractivity contribution in [1.82, 2.24) is 4.98 Å². The molecule has 21 heavy (non-hydrogen) atoms. The highest BCUT2D eigenvalue weighted by Crippen LogP contribution is 2.22. The lowest BCUT2D eigenvalue weighted by Gasteiger charge is -2.10. The number of carboxylic acid groups (broad SMARTS) is 1. The van der Waals surface area contributed by atoms with Crippen LogP contribution in [0, 0.1) is 0 Å². The first-order chi connectivity index (χ1) is 9.99. The number of hydrogen-bond acceptors (Lipinski definition) is 4. The van der Waals surface area contributed by atoms with Crippen molar-refractivity contribution in [2.24, 2.45) is 5.73 Å². The molecule has 3 N–H and O–H groups in total. The molecule has 0 unspecified atom stereocenters. The van der Waals surface area contributed by atoms with Crippen LogP contribution in [0.2, 0.25) is 5.02 Å². The van der Waals surface area contributed by atoms with Crippen LogP contribution in [0.25, 0.3) is 0 Å². The van der Waals surface area contributed by atoms with Gasteiger partial charge in [-0.05, 0) is 18.2 Å². The molecule has 0 radical (unpaired) electrons. The predicted octanol–water partition coefficient (Wildman–Crippen LogP) is 2.11. The zero-order chi connectivity index (χ0) is 15.4. The van der Waals surface area contributed by atoms with Crippen molar-refractivity contribution in [1.29, 1.82) is 0 Å². The van der Waals surface area contributed by atoms with Gasteiger partial charge in [-0.15, -0.1) is 0 Å². The number of rotatable bonds is 5. The average molecular weight is 307 g/mol. The van der Waals surface area contributed by atoms with Gasteiger partial charge >= 0.3 is 5.97 Å². The van der Waals surface area contributed by atoms with Crippen LogP contribution < -0.4 is 10.5 Å². The van der Waals surface area contributed by atoms with Gasteiger partial charge in [-0.1, -0.05) is 17.7 Å². The zero-order valence-electron chi connectivity index (χ0n) is 10.7. The van der Waals surface area contributed by atoms with Gasteiger partial charge in [0.05, 0.1) is 6.20 Å². The Bertz CT molecular complexity index is 703. The highest BCUT2D eigenvalue weighted by Gasteiger charge is 2.12. The van der Waals surface area contributed by atoms with Crippen LogP contribution >= 0.6 is 11.6 Å². The molecule has 7 heteroatoms. The molecule has 0 fully saturated rings. The van der Waals surface area contributed by atoms with E-state index < -0.39 is 11.9 Å². The monoisotopic (exact) mass is 306 g/mol. The predicted molar refractivity (Wildman–Crippen MR) is 75.5 cm³/mol. The number of carboxylic acids is 1. The fraction of sp³-hybridized carbons (Fsp3) is 0.0714. The number of pyridine rings is 1. The van der Waals surface area contributed by atoms with Gasteiger partial charge in [0.15, 0.2) is 5.75 Å². The SMILES string of the molecule is NC(=O)c1ccc(COc2cnccc2C(=O)O)c(Cl)c1. The van der Waals surface area contributed by atoms with Crippen LogP contribution in [0.15, 0.2) is 36.7 Å². The first kappa shape index (κ1) is 14.8. The summed E-state index contributed by atoms with van der Waals surface area (Å²) in [6, 6.07) is 5.90. The van der Waals surface area contributed by atoms with Crippen molar-refractivity contribution in [3.8, 4) is 5.75 Å². The van der Waals surface area contributed by atoms with Crippen molar-refractivity contribution in [3.05, 3.63) is 58.4 Å². The van der Waals surface area contributed by atoms with Crippen LogP contribution in [-0.4, -0.2) is 22.0 Å². The summed E-state index contributed by atoms with van der Waals surface area (Å²) >= 11 is 6.02. The number of halogens is 1. The molecule has 0 bridgehead atoms. The molecule has 0 saturated heterocycles. The van der Waals surface area contributed by atoms with Gasteiger partial charge in [0.25, 0.3) is 0 Å². The topological polar surface area (TPSA) is 103 Å². The minimum absolute atomic E-state index is 0.00915. The lowest BCUT2D eigenvalue weighted by molar-refractivity contribution is 0.0691. The molecule has 1 amide bonds. The largest absolute Gasteiger partial charge is 0.486 e. The molecule has 0 aliphatic rings. The number of primary amides is 1. The molecular weight excluding hydrogens is 296 g/mol. The number of aromatic nitrogens is 1. The quantitative estimate of drug-likeness (QED) is 0.880. The molecule has 0 aliphatic heterocycles. The molecule has 1 aromatic heterocycles. The lowest BCUT2D eigenvalue weighted by Crippen LogP contribution is -2.11. The van der Waals surface area contributed by atoms with E-state index >= 15 is 0 Å². The summed E-state index contributed by atoms with van der Waals surface area (Å²) < 4.78 is 5.42. The van der Waals surface area contributed by atoms with Gasteiger partial charge < -0.3 is 15.6 Å². The normalized spacial score (nSPS) is 10.1. The summed E-state index contributed by atoms with van der Waals surface area (Å²) in [6.07, 6.45) is 2.68. The summed E-state index contributed by atoms with van der Waals surface area (Å²) in [5.41, 5.74) is 6.04. The number of benzene rings is 1. The molecule has 108 valence electrons. The van der Waals surface area contributed by atoms with Crippen LogP contribution in [0.1, 0.15) is 26.3 Å². The van der Waals surface area contributed by atoms with Gasteiger partial charge in [0.2, 0.25) is 5.91 Å². The number of amides is 1. The van der Waals surface area contributed by atoms with Gasteiger partial charge in [-0.25, -0.2) is 4.79 Å². The maximum atomic E-state index is 11.0. The van der Waals surface area contributed by atoms with Crippen molar-refractivity contribution in [2.75, 3.05) is 0 Å². The third-order valence-electron chi connectivity index (χ3n) is 2.74. The molecule has 2 rings (SSSR count). The van der Waals surface area contributed by atoms with Crippen LogP contribution in [0.4, 0.5) is 0 Å². The second kappa shape index (κ2) is 6.23. The fourth-order valence-electron chi connectivity index (χ4n) is 1.64. The number of aromatic carboxylic acids is 1. The number of hydrogen-bond donors (Lipinski definition) is 2. The standard InChI is InChI=1S/C14H11ClN2O4/c15-11-5-8(13(16)18)1-2-9(11)7-21-12-6-17-4-3-10(12)14(19)20/h1-6H,7H2,(H2,16,18)(H,19,20). The number of ether oxygens (including phenoxy) is 1. The number of carbonyl (C=O) groups excluding carboxylic acids is 1. The number of nitrogens with zero attached hydrogens (tertiary/aromatic N) is 1. The molecule has 2 aromatic rings. The van der Waals surface area contributed by atoms with Crippen molar-refractivity contribution in [3.63, 3.8) is 0 Å². The van der Waals surface area contributed by atoms with E-state index in [0.29, 0.717) is 10.6 Å². The fourth-order valence-corrected chi connectivity index (χ4v) is 1.88. The molecule has 0 spiro atoms. The van der Waals surface area contributed by atoms with Crippen LogP contribution in [-0.2, 0) is 6.61 Å². The summed E-state index contributed by atoms with van der Waals surface area (Å²) in [6.45, 7) is 0.0455. The lowest BCUT2D eigenvalue weighted by atomic mass is 10.1. The van der Waals surface area contributed by atoms with Crippen molar-refractivity contribution >= 4 is 23.5 Å². The Morgan fingerprint density at radius 2 is 2.10 bits per heavy atom. The second-order valence-electron chi connectivity index (χ2n) is 4.14. The van der Waals surface area contributed by atoms with Gasteiger partial charge in [0.1, 0.15) is 12.2 Å². The molecule has 1 heterocycles. The average Bonchev–Trinajstić information content (AvgIpc) is 2.46. The summed E-state index contributed by atoms with van der Waals surface area (Å²) in [7, 11) is 0. The Hall–Kier alpha value is -2.60. The first-order valence-electron chi connectivity index (χ1n) is 5.87. The molecule has 0 atom stereocenters. The summed E-state index contributed by atoms with van der Waals surface area (Å²) in [5.74, 6) is -1.55. The maximum Gasteiger partial charge on any atom is 0.339 e. The third-order valence-corrected chi connectivity index (χ3v) is 3.09. The molecule has 0 saturated carbocycles. The minimum atomic E-state index is -1.11. The third kappa shape index (κ3) is 3.49. The second-order valence-corrected chi connectivity index (χ2v) is 4.54. The maximum absolute atomic E-state index is 11.0. The molecule has 6 nitrogen and oxygen atoms in total. The van der Waals surface area contributed by atoms with E-state index in [2.05, 4.69) is 4.98 Å². The van der Waals surface area contributed by atoms with Crippen LogP contribution in [0.3, 0.4) is 0 Å². The van der Waals surface area contributed by atoms with Gasteiger partial charge in [-0.3, -0.25) is 9.78 Å². The number of carbonyl (C=O) groups is 2. The highest BCUT2D eigenvalue weighted by atomic mass is 35.5. The van der Waals surface area contributed by atoms with Crippen molar-refractivity contribution in [2.45, 2.75) is 6.61 Å². The smallest absolute Gasteiger partial charge is 0.339 e. The summed E-state index contributed by atoms with van der Waals surface area (Å²) in [4.78, 5) is 25.9. The van der Waals surface area contributed by atoms with Crippen LogP contribution in [0.5, 0.6) is 5.75 Å². The van der Waals surface area contributed by atoms with Gasteiger partial charge in [0, 0.05) is 22.3 Å². The van der Waals surface area contributed by atoms with E-state index in [1.54, 1.807) is 6.07 Å².